The van der Waals surface area contributed by atoms with Gasteiger partial charge in [0.15, 0.2) is 0 Å². The van der Waals surface area contributed by atoms with E-state index in [4.69, 9.17) is 0 Å². The fourth-order valence-corrected chi connectivity index (χ4v) is 8.00. The van der Waals surface area contributed by atoms with Gasteiger partial charge in [0.1, 0.15) is 0 Å². The van der Waals surface area contributed by atoms with Crippen molar-refractivity contribution in [1.29, 1.82) is 0 Å². The number of fused-ring (bicyclic) bond motifs is 2. The Morgan fingerprint density at radius 3 is 1.47 bits per heavy atom. The van der Waals surface area contributed by atoms with Crippen molar-refractivity contribution in [2.75, 3.05) is 0 Å². The molecule has 0 aliphatic rings. The van der Waals surface area contributed by atoms with Gasteiger partial charge in [0.05, 0.1) is 0 Å². The topological polar surface area (TPSA) is 0 Å². The van der Waals surface area contributed by atoms with Crippen molar-refractivity contribution in [3.05, 3.63) is 137 Å². The minimum atomic E-state index is -0.735. The van der Waals surface area contributed by atoms with Crippen LogP contribution in [0.5, 0.6) is 0 Å². The number of hydrogen-bond acceptors (Lipinski definition) is 0. The lowest BCUT2D eigenvalue weighted by molar-refractivity contribution is 1.66. The average Bonchev–Trinajstić information content (AvgIpc) is 2.90. The molecule has 0 spiro atoms. The highest BCUT2D eigenvalue weighted by Crippen LogP contribution is 2.43. The van der Waals surface area contributed by atoms with Gasteiger partial charge >= 0.3 is 0 Å². The van der Waals surface area contributed by atoms with Gasteiger partial charge in [-0.05, 0) is 79.6 Å². The molecule has 6 aromatic carbocycles. The Kier molecular flexibility index (Phi) is 5.91. The van der Waals surface area contributed by atoms with Crippen LogP contribution in [0.1, 0.15) is 0 Å². The highest BCUT2D eigenvalue weighted by Gasteiger charge is 2.23. The van der Waals surface area contributed by atoms with E-state index in [0.717, 1.165) is 0 Å². The minimum absolute atomic E-state index is 0.735. The molecule has 0 heterocycles. The highest BCUT2D eigenvalue weighted by molar-refractivity contribution is 14.1. The molecule has 34 heavy (non-hydrogen) atoms. The van der Waals surface area contributed by atoms with Crippen molar-refractivity contribution in [1.82, 2.24) is 0 Å². The molecule has 0 radical (unpaired) electrons. The third kappa shape index (κ3) is 3.83. The van der Waals surface area contributed by atoms with Gasteiger partial charge in [0, 0.05) is 9.13 Å². The first-order valence-electron chi connectivity index (χ1n) is 11.4. The van der Waals surface area contributed by atoms with Crippen molar-refractivity contribution in [2.24, 2.45) is 0 Å². The van der Waals surface area contributed by atoms with Crippen LogP contribution >= 0.6 is 30.5 Å². The molecular weight excluding hydrogens is 542 g/mol. The van der Waals surface area contributed by atoms with Gasteiger partial charge in [0.25, 0.3) is 0 Å². The molecule has 0 bridgehead atoms. The smallest absolute Gasteiger partial charge is 0.0215 e. The monoisotopic (exact) mass is 564 g/mol. The third-order valence-corrected chi connectivity index (χ3v) is 9.69. The average molecular weight is 564 g/mol. The molecule has 0 aliphatic carbocycles. The number of benzene rings is 6. The fourth-order valence-electron chi connectivity index (χ4n) is 4.79. The molecule has 0 unspecified atom stereocenters. The van der Waals surface area contributed by atoms with E-state index in [9.17, 15) is 0 Å². The highest BCUT2D eigenvalue weighted by atomic mass is 127. The molecule has 6 aromatic rings. The SMILES string of the molecule is Ic1ccc2ccccc2c1-c1c(P(c2ccccc2)c2ccccc2)ccc2ccccc12. The Balaban J connectivity index is 1.76. The molecule has 0 N–H and O–H groups in total. The van der Waals surface area contributed by atoms with Gasteiger partial charge in [-0.25, -0.2) is 0 Å². The molecule has 0 fully saturated rings. The van der Waals surface area contributed by atoms with E-state index < -0.39 is 7.92 Å². The maximum absolute atomic E-state index is 2.52. The lowest BCUT2D eigenvalue weighted by Crippen LogP contribution is -2.22. The lowest BCUT2D eigenvalue weighted by Gasteiger charge is -2.25. The molecule has 0 nitrogen and oxygen atoms in total. The van der Waals surface area contributed by atoms with Crippen molar-refractivity contribution >= 4 is 68.0 Å². The Labute approximate surface area is 215 Å². The molecule has 6 rings (SSSR count). The molecule has 162 valence electrons. The Bertz CT molecular complexity index is 1570. The van der Waals surface area contributed by atoms with E-state index in [1.165, 1.54) is 52.2 Å². The van der Waals surface area contributed by atoms with E-state index >= 15 is 0 Å². The summed E-state index contributed by atoms with van der Waals surface area (Å²) in [7, 11) is -0.735. The van der Waals surface area contributed by atoms with Crippen LogP contribution in [0.4, 0.5) is 0 Å². The fraction of sp³-hybridized carbons (Fsp3) is 0. The van der Waals surface area contributed by atoms with Crippen LogP contribution in [0.2, 0.25) is 0 Å². The second-order valence-electron chi connectivity index (χ2n) is 8.33. The molecule has 0 saturated heterocycles. The largest absolute Gasteiger partial charge is 0.0622 e. The van der Waals surface area contributed by atoms with Crippen LogP contribution in [0, 0.1) is 3.57 Å². The maximum Gasteiger partial charge on any atom is 0.0215 e. The normalized spacial score (nSPS) is 11.4. The van der Waals surface area contributed by atoms with Gasteiger partial charge in [-0.1, -0.05) is 127 Å². The summed E-state index contributed by atoms with van der Waals surface area (Å²) < 4.78 is 1.28. The predicted octanol–water partition coefficient (Wildman–Crippen LogP) is 8.02. The summed E-state index contributed by atoms with van der Waals surface area (Å²) in [6, 6.07) is 48.8. The van der Waals surface area contributed by atoms with E-state index in [2.05, 4.69) is 156 Å². The number of halogens is 1. The van der Waals surface area contributed by atoms with Crippen molar-refractivity contribution in [3.63, 3.8) is 0 Å². The molecule has 0 aliphatic heterocycles. The number of rotatable bonds is 4. The summed E-state index contributed by atoms with van der Waals surface area (Å²) in [6.07, 6.45) is 0. The van der Waals surface area contributed by atoms with Crippen molar-refractivity contribution in [2.45, 2.75) is 0 Å². The Morgan fingerprint density at radius 2 is 0.882 bits per heavy atom. The van der Waals surface area contributed by atoms with Crippen LogP contribution in [0.3, 0.4) is 0 Å². The summed E-state index contributed by atoms with van der Waals surface area (Å²) in [5.41, 5.74) is 2.70. The van der Waals surface area contributed by atoms with Crippen molar-refractivity contribution in [3.8, 4) is 11.1 Å². The van der Waals surface area contributed by atoms with Crippen molar-refractivity contribution < 1.29 is 0 Å². The maximum atomic E-state index is 2.52. The molecule has 2 heteroatoms. The zero-order valence-corrected chi connectivity index (χ0v) is 21.6. The zero-order valence-electron chi connectivity index (χ0n) is 18.5. The lowest BCUT2D eigenvalue weighted by atomic mass is 9.94. The van der Waals surface area contributed by atoms with Gasteiger partial charge in [0.2, 0.25) is 0 Å². The number of hydrogen-bond donors (Lipinski definition) is 0. The Morgan fingerprint density at radius 1 is 0.412 bits per heavy atom. The van der Waals surface area contributed by atoms with Crippen LogP contribution in [0.25, 0.3) is 32.7 Å². The summed E-state index contributed by atoms with van der Waals surface area (Å²) >= 11 is 2.52. The summed E-state index contributed by atoms with van der Waals surface area (Å²) in [4.78, 5) is 0. The third-order valence-electron chi connectivity index (χ3n) is 6.30. The molecule has 0 atom stereocenters. The molecule has 0 aromatic heterocycles. The van der Waals surface area contributed by atoms with Gasteiger partial charge in [-0.2, -0.15) is 0 Å². The van der Waals surface area contributed by atoms with E-state index in [1.54, 1.807) is 0 Å². The predicted molar refractivity (Wildman–Crippen MR) is 158 cm³/mol. The van der Waals surface area contributed by atoms with Crippen LogP contribution < -0.4 is 15.9 Å². The van der Waals surface area contributed by atoms with Crippen LogP contribution in [-0.4, -0.2) is 0 Å². The standard InChI is InChI=1S/C32H22IP/c33-29-21-19-23-11-7-9-17-27(23)31(29)32-28-18-10-8-12-24(28)20-22-30(32)34(25-13-3-1-4-14-25)26-15-5-2-6-16-26/h1-22H. The molecule has 0 amide bonds. The van der Waals surface area contributed by atoms with Gasteiger partial charge in [-0.15, -0.1) is 0 Å². The van der Waals surface area contributed by atoms with Crippen LogP contribution in [0.15, 0.2) is 133 Å². The second kappa shape index (κ2) is 9.33. The summed E-state index contributed by atoms with van der Waals surface area (Å²) in [5, 5.41) is 9.32. The first-order chi connectivity index (χ1) is 16.8. The van der Waals surface area contributed by atoms with Gasteiger partial charge < -0.3 is 0 Å². The quantitative estimate of drug-likeness (QED) is 0.150. The summed E-state index contributed by atoms with van der Waals surface area (Å²) in [5.74, 6) is 0. The van der Waals surface area contributed by atoms with E-state index in [0.29, 0.717) is 0 Å². The Hall–Kier alpha value is -3.00. The van der Waals surface area contributed by atoms with E-state index in [-0.39, 0.29) is 0 Å². The molecular formula is C32H22IP. The first kappa shape index (κ1) is 21.5. The molecule has 0 saturated carbocycles. The second-order valence-corrected chi connectivity index (χ2v) is 11.7. The minimum Gasteiger partial charge on any atom is -0.0622 e. The zero-order chi connectivity index (χ0) is 22.9. The van der Waals surface area contributed by atoms with E-state index in [1.807, 2.05) is 0 Å². The first-order valence-corrected chi connectivity index (χ1v) is 13.8. The van der Waals surface area contributed by atoms with Crippen LogP contribution in [-0.2, 0) is 0 Å². The summed E-state index contributed by atoms with van der Waals surface area (Å²) in [6.45, 7) is 0. The van der Waals surface area contributed by atoms with Gasteiger partial charge in [-0.3, -0.25) is 0 Å².